The minimum atomic E-state index is -0.236. The standard InChI is InChI=1S/C15H16O2/c1-10(2)4-6-13-9-12-7-5-11(3)8-14(12)17-15(13)16/h4-5,7-9H,6H2,1-3H3. The zero-order valence-electron chi connectivity index (χ0n) is 10.4. The van der Waals surface area contributed by atoms with Gasteiger partial charge < -0.3 is 4.42 Å². The van der Waals surface area contributed by atoms with E-state index in [9.17, 15) is 4.79 Å². The van der Waals surface area contributed by atoms with Gasteiger partial charge in [0.15, 0.2) is 0 Å². The van der Waals surface area contributed by atoms with Crippen LogP contribution >= 0.6 is 0 Å². The summed E-state index contributed by atoms with van der Waals surface area (Å²) in [6.45, 7) is 6.02. The van der Waals surface area contributed by atoms with Crippen LogP contribution in [0.2, 0.25) is 0 Å². The Morgan fingerprint density at radius 1 is 1.29 bits per heavy atom. The van der Waals surface area contributed by atoms with Crippen molar-refractivity contribution in [2.45, 2.75) is 27.2 Å². The molecule has 0 N–H and O–H groups in total. The summed E-state index contributed by atoms with van der Waals surface area (Å²) in [5.41, 5.74) is 3.44. The SMILES string of the molecule is CC(C)=CCc1cc2ccc(C)cc2oc1=O. The first-order valence-corrected chi connectivity index (χ1v) is 5.73. The van der Waals surface area contributed by atoms with Gasteiger partial charge in [0.25, 0.3) is 0 Å². The van der Waals surface area contributed by atoms with Crippen LogP contribution in [-0.4, -0.2) is 0 Å². The molecule has 17 heavy (non-hydrogen) atoms. The maximum absolute atomic E-state index is 11.8. The molecule has 1 aromatic heterocycles. The Balaban J connectivity index is 2.52. The lowest BCUT2D eigenvalue weighted by Crippen LogP contribution is -2.06. The molecule has 1 heterocycles. The molecular formula is C15H16O2. The van der Waals surface area contributed by atoms with Crippen molar-refractivity contribution in [2.24, 2.45) is 0 Å². The van der Waals surface area contributed by atoms with Gasteiger partial charge in [-0.2, -0.15) is 0 Å². The molecule has 0 saturated carbocycles. The van der Waals surface area contributed by atoms with Gasteiger partial charge >= 0.3 is 5.63 Å². The van der Waals surface area contributed by atoms with Gasteiger partial charge in [0, 0.05) is 10.9 Å². The summed E-state index contributed by atoms with van der Waals surface area (Å²) < 4.78 is 5.32. The van der Waals surface area contributed by atoms with E-state index in [1.807, 2.05) is 51.1 Å². The third-order valence-corrected chi connectivity index (χ3v) is 2.69. The van der Waals surface area contributed by atoms with Crippen LogP contribution in [0.25, 0.3) is 11.0 Å². The zero-order chi connectivity index (χ0) is 12.4. The van der Waals surface area contributed by atoms with Crippen LogP contribution in [0.4, 0.5) is 0 Å². The van der Waals surface area contributed by atoms with Crippen molar-refractivity contribution in [3.05, 3.63) is 57.5 Å². The summed E-state index contributed by atoms with van der Waals surface area (Å²) >= 11 is 0. The molecule has 0 aliphatic carbocycles. The van der Waals surface area contributed by atoms with Gasteiger partial charge in [-0.05, 0) is 44.9 Å². The van der Waals surface area contributed by atoms with Crippen molar-refractivity contribution in [1.29, 1.82) is 0 Å². The molecule has 0 amide bonds. The number of fused-ring (bicyclic) bond motifs is 1. The molecule has 88 valence electrons. The normalized spacial score (nSPS) is 10.5. The van der Waals surface area contributed by atoms with Gasteiger partial charge in [-0.25, -0.2) is 4.79 Å². The van der Waals surface area contributed by atoms with Gasteiger partial charge in [-0.1, -0.05) is 23.8 Å². The van der Waals surface area contributed by atoms with E-state index in [0.717, 1.165) is 10.9 Å². The lowest BCUT2D eigenvalue weighted by Gasteiger charge is -2.01. The highest BCUT2D eigenvalue weighted by atomic mass is 16.4. The molecule has 2 rings (SSSR count). The number of hydrogen-bond acceptors (Lipinski definition) is 2. The first kappa shape index (κ1) is 11.6. The van der Waals surface area contributed by atoms with Crippen LogP contribution in [0.3, 0.4) is 0 Å². The fourth-order valence-electron chi connectivity index (χ4n) is 1.72. The first-order chi connectivity index (χ1) is 8.06. The highest BCUT2D eigenvalue weighted by Gasteiger charge is 2.04. The van der Waals surface area contributed by atoms with Crippen molar-refractivity contribution in [3.63, 3.8) is 0 Å². The van der Waals surface area contributed by atoms with Crippen molar-refractivity contribution in [1.82, 2.24) is 0 Å². The molecule has 2 heteroatoms. The summed E-state index contributed by atoms with van der Waals surface area (Å²) in [5.74, 6) is 0. The minimum Gasteiger partial charge on any atom is -0.423 e. The lowest BCUT2D eigenvalue weighted by molar-refractivity contribution is 0.552. The van der Waals surface area contributed by atoms with Crippen LogP contribution in [0.5, 0.6) is 0 Å². The number of aryl methyl sites for hydroxylation is 1. The predicted octanol–water partition coefficient (Wildman–Crippen LogP) is 3.61. The third-order valence-electron chi connectivity index (χ3n) is 2.69. The Hall–Kier alpha value is -1.83. The maximum atomic E-state index is 11.8. The summed E-state index contributed by atoms with van der Waals surface area (Å²) in [6.07, 6.45) is 2.67. The third kappa shape index (κ3) is 2.64. The van der Waals surface area contributed by atoms with Gasteiger partial charge in [-0.3, -0.25) is 0 Å². The molecule has 1 aromatic carbocycles. The van der Waals surface area contributed by atoms with Crippen LogP contribution in [0.1, 0.15) is 25.0 Å². The second-order valence-corrected chi connectivity index (χ2v) is 4.59. The van der Waals surface area contributed by atoms with E-state index in [1.54, 1.807) is 0 Å². The number of rotatable bonds is 2. The van der Waals surface area contributed by atoms with E-state index in [1.165, 1.54) is 5.57 Å². The monoisotopic (exact) mass is 228 g/mol. The molecule has 0 atom stereocenters. The van der Waals surface area contributed by atoms with Gasteiger partial charge in [0.2, 0.25) is 0 Å². The van der Waals surface area contributed by atoms with Crippen molar-refractivity contribution in [3.8, 4) is 0 Å². The molecule has 0 aliphatic rings. The molecule has 2 aromatic rings. The lowest BCUT2D eigenvalue weighted by atomic mass is 10.1. The number of allylic oxidation sites excluding steroid dienone is 2. The first-order valence-electron chi connectivity index (χ1n) is 5.73. The maximum Gasteiger partial charge on any atom is 0.339 e. The quantitative estimate of drug-likeness (QED) is 0.580. The largest absolute Gasteiger partial charge is 0.423 e. The molecule has 0 saturated heterocycles. The molecule has 0 fully saturated rings. The Morgan fingerprint density at radius 2 is 2.06 bits per heavy atom. The van der Waals surface area contributed by atoms with E-state index in [0.29, 0.717) is 17.6 Å². The van der Waals surface area contributed by atoms with Crippen molar-refractivity contribution in [2.75, 3.05) is 0 Å². The molecule has 0 unspecified atom stereocenters. The average molecular weight is 228 g/mol. The molecule has 2 nitrogen and oxygen atoms in total. The number of hydrogen-bond donors (Lipinski definition) is 0. The highest BCUT2D eigenvalue weighted by molar-refractivity contribution is 5.77. The van der Waals surface area contributed by atoms with Crippen LogP contribution in [-0.2, 0) is 6.42 Å². The van der Waals surface area contributed by atoms with Gasteiger partial charge in [0.1, 0.15) is 5.58 Å². The Morgan fingerprint density at radius 3 is 2.76 bits per heavy atom. The highest BCUT2D eigenvalue weighted by Crippen LogP contribution is 2.15. The number of benzene rings is 1. The van der Waals surface area contributed by atoms with Crippen LogP contribution in [0, 0.1) is 6.92 Å². The fourth-order valence-corrected chi connectivity index (χ4v) is 1.72. The summed E-state index contributed by atoms with van der Waals surface area (Å²) in [6, 6.07) is 7.81. The second-order valence-electron chi connectivity index (χ2n) is 4.59. The van der Waals surface area contributed by atoms with Crippen LogP contribution < -0.4 is 5.63 Å². The van der Waals surface area contributed by atoms with E-state index >= 15 is 0 Å². The van der Waals surface area contributed by atoms with Crippen molar-refractivity contribution >= 4 is 11.0 Å². The summed E-state index contributed by atoms with van der Waals surface area (Å²) in [4.78, 5) is 11.8. The Labute approximate surface area is 101 Å². The predicted molar refractivity (Wildman–Crippen MR) is 70.4 cm³/mol. The van der Waals surface area contributed by atoms with Crippen LogP contribution in [0.15, 0.2) is 45.1 Å². The molecule has 0 bridgehead atoms. The second kappa shape index (κ2) is 4.58. The summed E-state index contributed by atoms with van der Waals surface area (Å²) in [5, 5.41) is 0.979. The average Bonchev–Trinajstić information content (AvgIpc) is 2.26. The van der Waals surface area contributed by atoms with Gasteiger partial charge in [-0.15, -0.1) is 0 Å². The van der Waals surface area contributed by atoms with E-state index in [-0.39, 0.29) is 5.63 Å². The summed E-state index contributed by atoms with van der Waals surface area (Å²) in [7, 11) is 0. The van der Waals surface area contributed by atoms with Gasteiger partial charge in [0.05, 0.1) is 0 Å². The van der Waals surface area contributed by atoms with E-state index < -0.39 is 0 Å². The zero-order valence-corrected chi connectivity index (χ0v) is 10.4. The topological polar surface area (TPSA) is 30.2 Å². The van der Waals surface area contributed by atoms with E-state index in [2.05, 4.69) is 0 Å². The molecular weight excluding hydrogens is 212 g/mol. The molecule has 0 radical (unpaired) electrons. The Bertz CT molecular complexity index is 629. The van der Waals surface area contributed by atoms with E-state index in [4.69, 9.17) is 4.42 Å². The molecule has 0 aliphatic heterocycles. The smallest absolute Gasteiger partial charge is 0.339 e. The fraction of sp³-hybridized carbons (Fsp3) is 0.267. The Kier molecular flexibility index (Phi) is 3.14. The molecule has 0 spiro atoms. The minimum absolute atomic E-state index is 0.236. The van der Waals surface area contributed by atoms with Crippen molar-refractivity contribution < 1.29 is 4.42 Å².